The number of amides is 1. The number of carbonyl (C=O) groups is 1. The molecule has 0 fully saturated rings. The second kappa shape index (κ2) is 5.62. The first-order valence-electron chi connectivity index (χ1n) is 5.26. The Kier molecular flexibility index (Phi) is 4.45. The van der Waals surface area contributed by atoms with Crippen molar-refractivity contribution in [3.05, 3.63) is 11.6 Å². The lowest BCUT2D eigenvalue weighted by Crippen LogP contribution is -2.32. The summed E-state index contributed by atoms with van der Waals surface area (Å²) in [5.74, 6) is 1.11. The molecule has 1 rings (SSSR count). The molecular weight excluding hydrogens is 224 g/mol. The van der Waals surface area contributed by atoms with Crippen molar-refractivity contribution in [3.63, 3.8) is 0 Å². The number of hydrogen-bond donors (Lipinski definition) is 2. The highest BCUT2D eigenvalue weighted by atomic mass is 16.6. The number of hydrogen-bond acceptors (Lipinski definition) is 5. The van der Waals surface area contributed by atoms with Gasteiger partial charge in [-0.2, -0.15) is 5.10 Å². The molecule has 0 saturated carbocycles. The minimum absolute atomic E-state index is 0.242. The molecule has 1 amide bonds. The average molecular weight is 242 g/mol. The molecule has 1 aromatic heterocycles. The SMILES string of the molecule is COCc1n[nH]c(CNC(=O)OC(C)(C)C)n1. The molecule has 1 aromatic rings. The highest BCUT2D eigenvalue weighted by Crippen LogP contribution is 2.06. The van der Waals surface area contributed by atoms with Crippen LogP contribution in [0.3, 0.4) is 0 Å². The number of rotatable bonds is 4. The van der Waals surface area contributed by atoms with Gasteiger partial charge in [-0.05, 0) is 20.8 Å². The number of alkyl carbamates (subject to hydrolysis) is 1. The fourth-order valence-corrected chi connectivity index (χ4v) is 1.08. The smallest absolute Gasteiger partial charge is 0.408 e. The van der Waals surface area contributed by atoms with Gasteiger partial charge >= 0.3 is 6.09 Å². The van der Waals surface area contributed by atoms with Gasteiger partial charge in [0.15, 0.2) is 5.82 Å². The lowest BCUT2D eigenvalue weighted by Gasteiger charge is -2.19. The van der Waals surface area contributed by atoms with E-state index in [1.807, 2.05) is 0 Å². The molecule has 2 N–H and O–H groups in total. The lowest BCUT2D eigenvalue weighted by molar-refractivity contribution is 0.0522. The van der Waals surface area contributed by atoms with Gasteiger partial charge in [0.2, 0.25) is 0 Å². The number of ether oxygens (including phenoxy) is 2. The van der Waals surface area contributed by atoms with Crippen LogP contribution in [-0.4, -0.2) is 34.0 Å². The summed E-state index contributed by atoms with van der Waals surface area (Å²) >= 11 is 0. The van der Waals surface area contributed by atoms with E-state index in [0.29, 0.717) is 18.3 Å². The van der Waals surface area contributed by atoms with Gasteiger partial charge in [0.1, 0.15) is 18.0 Å². The molecule has 0 aliphatic rings. The van der Waals surface area contributed by atoms with E-state index in [1.165, 1.54) is 0 Å². The molecule has 7 nitrogen and oxygen atoms in total. The van der Waals surface area contributed by atoms with Crippen molar-refractivity contribution in [1.29, 1.82) is 0 Å². The van der Waals surface area contributed by atoms with Crippen LogP contribution in [0.2, 0.25) is 0 Å². The highest BCUT2D eigenvalue weighted by Gasteiger charge is 2.16. The van der Waals surface area contributed by atoms with Gasteiger partial charge in [0, 0.05) is 7.11 Å². The van der Waals surface area contributed by atoms with Crippen molar-refractivity contribution in [2.45, 2.75) is 39.5 Å². The topological polar surface area (TPSA) is 89.1 Å². The van der Waals surface area contributed by atoms with Gasteiger partial charge in [-0.3, -0.25) is 5.10 Å². The number of aromatic amines is 1. The minimum Gasteiger partial charge on any atom is -0.444 e. The predicted octanol–water partition coefficient (Wildman–Crippen LogP) is 0.976. The van der Waals surface area contributed by atoms with E-state index in [0.717, 1.165) is 0 Å². The summed E-state index contributed by atoms with van der Waals surface area (Å²) in [5.41, 5.74) is -0.507. The van der Waals surface area contributed by atoms with Crippen molar-refractivity contribution >= 4 is 6.09 Å². The Hall–Kier alpha value is -1.63. The summed E-state index contributed by atoms with van der Waals surface area (Å²) in [4.78, 5) is 15.5. The Morgan fingerprint density at radius 3 is 2.76 bits per heavy atom. The zero-order valence-electron chi connectivity index (χ0n) is 10.5. The van der Waals surface area contributed by atoms with Gasteiger partial charge in [-0.25, -0.2) is 9.78 Å². The third-order valence-corrected chi connectivity index (χ3v) is 1.65. The molecule has 96 valence electrons. The molecule has 0 bridgehead atoms. The monoisotopic (exact) mass is 242 g/mol. The van der Waals surface area contributed by atoms with Crippen LogP contribution in [0.15, 0.2) is 0 Å². The zero-order chi connectivity index (χ0) is 12.9. The summed E-state index contributed by atoms with van der Waals surface area (Å²) in [6, 6.07) is 0. The van der Waals surface area contributed by atoms with E-state index in [9.17, 15) is 4.79 Å². The van der Waals surface area contributed by atoms with E-state index >= 15 is 0 Å². The van der Waals surface area contributed by atoms with Crippen LogP contribution in [0, 0.1) is 0 Å². The maximum absolute atomic E-state index is 11.3. The Balaban J connectivity index is 2.37. The van der Waals surface area contributed by atoms with E-state index in [2.05, 4.69) is 20.5 Å². The van der Waals surface area contributed by atoms with Crippen molar-refractivity contribution < 1.29 is 14.3 Å². The maximum Gasteiger partial charge on any atom is 0.408 e. The molecule has 0 aliphatic carbocycles. The number of methoxy groups -OCH3 is 1. The Morgan fingerprint density at radius 2 is 2.18 bits per heavy atom. The molecule has 0 aliphatic heterocycles. The van der Waals surface area contributed by atoms with E-state index < -0.39 is 11.7 Å². The standard InChI is InChI=1S/C10H18N4O3/c1-10(2,3)17-9(15)11-5-7-12-8(6-16-4)14-13-7/h5-6H2,1-4H3,(H,11,15)(H,12,13,14). The van der Waals surface area contributed by atoms with Gasteiger partial charge in [0.05, 0.1) is 6.54 Å². The molecule has 0 atom stereocenters. The first kappa shape index (κ1) is 13.4. The molecule has 0 radical (unpaired) electrons. The largest absolute Gasteiger partial charge is 0.444 e. The average Bonchev–Trinajstić information content (AvgIpc) is 2.61. The zero-order valence-corrected chi connectivity index (χ0v) is 10.5. The van der Waals surface area contributed by atoms with Crippen molar-refractivity contribution in [2.75, 3.05) is 7.11 Å². The van der Waals surface area contributed by atoms with Gasteiger partial charge in [-0.1, -0.05) is 0 Å². The fourth-order valence-electron chi connectivity index (χ4n) is 1.08. The fraction of sp³-hybridized carbons (Fsp3) is 0.700. The van der Waals surface area contributed by atoms with E-state index in [4.69, 9.17) is 9.47 Å². The van der Waals surface area contributed by atoms with Crippen LogP contribution in [0.1, 0.15) is 32.4 Å². The molecule has 0 saturated heterocycles. The first-order valence-corrected chi connectivity index (χ1v) is 5.26. The first-order chi connectivity index (χ1) is 7.90. The van der Waals surface area contributed by atoms with Crippen molar-refractivity contribution in [1.82, 2.24) is 20.5 Å². The molecule has 17 heavy (non-hydrogen) atoms. The third kappa shape index (κ3) is 5.30. The van der Waals surface area contributed by atoms with Gasteiger partial charge in [0.25, 0.3) is 0 Å². The number of carbonyl (C=O) groups excluding carboxylic acids is 1. The summed E-state index contributed by atoms with van der Waals surface area (Å²) < 4.78 is 9.95. The van der Waals surface area contributed by atoms with Crippen LogP contribution in [0.4, 0.5) is 4.79 Å². The molecule has 0 unspecified atom stereocenters. The van der Waals surface area contributed by atoms with Gasteiger partial charge in [-0.15, -0.1) is 0 Å². The Labute approximate surface area is 99.9 Å². The second-order valence-corrected chi connectivity index (χ2v) is 4.49. The Morgan fingerprint density at radius 1 is 1.47 bits per heavy atom. The highest BCUT2D eigenvalue weighted by molar-refractivity contribution is 5.67. The molecular formula is C10H18N4O3. The lowest BCUT2D eigenvalue weighted by atomic mass is 10.2. The molecule has 1 heterocycles. The second-order valence-electron chi connectivity index (χ2n) is 4.49. The number of aromatic nitrogens is 3. The predicted molar refractivity (Wildman–Crippen MR) is 60.2 cm³/mol. The number of H-pyrrole nitrogens is 1. The molecule has 0 aromatic carbocycles. The van der Waals surface area contributed by atoms with Crippen molar-refractivity contribution in [2.24, 2.45) is 0 Å². The van der Waals surface area contributed by atoms with Gasteiger partial charge < -0.3 is 14.8 Å². The van der Waals surface area contributed by atoms with Crippen LogP contribution < -0.4 is 5.32 Å². The summed E-state index contributed by atoms with van der Waals surface area (Å²) in [5, 5.41) is 9.18. The van der Waals surface area contributed by atoms with Crippen molar-refractivity contribution in [3.8, 4) is 0 Å². The molecule has 0 spiro atoms. The summed E-state index contributed by atoms with van der Waals surface area (Å²) in [6.07, 6.45) is -0.484. The summed E-state index contributed by atoms with van der Waals surface area (Å²) in [6.45, 7) is 5.99. The molecule has 7 heteroatoms. The van der Waals surface area contributed by atoms with Crippen LogP contribution in [-0.2, 0) is 22.6 Å². The number of nitrogens with one attached hydrogen (secondary N) is 2. The minimum atomic E-state index is -0.507. The quantitative estimate of drug-likeness (QED) is 0.821. The normalized spacial score (nSPS) is 11.3. The maximum atomic E-state index is 11.3. The summed E-state index contributed by atoms with van der Waals surface area (Å²) in [7, 11) is 1.56. The van der Waals surface area contributed by atoms with E-state index in [-0.39, 0.29) is 6.54 Å². The number of nitrogens with zero attached hydrogens (tertiary/aromatic N) is 2. The van der Waals surface area contributed by atoms with Crippen LogP contribution >= 0.6 is 0 Å². The van der Waals surface area contributed by atoms with Crippen LogP contribution in [0.25, 0.3) is 0 Å². The van der Waals surface area contributed by atoms with E-state index in [1.54, 1.807) is 27.9 Å². The van der Waals surface area contributed by atoms with Crippen LogP contribution in [0.5, 0.6) is 0 Å². The Bertz CT molecular complexity index is 370. The third-order valence-electron chi connectivity index (χ3n) is 1.65.